The molecule has 14 heteroatoms. The highest BCUT2D eigenvalue weighted by Gasteiger charge is 2.32. The lowest BCUT2D eigenvalue weighted by molar-refractivity contribution is -0.00833. The molecule has 0 radical (unpaired) electrons. The molecule has 1 aliphatic heterocycles. The van der Waals surface area contributed by atoms with Gasteiger partial charge in [0.25, 0.3) is 15.9 Å². The molecule has 0 spiro atoms. The first-order valence-corrected chi connectivity index (χ1v) is 19.6. The number of aryl methyl sites for hydroxylation is 1. The molecule has 0 saturated carbocycles. The van der Waals surface area contributed by atoms with E-state index in [4.69, 9.17) is 21.1 Å². The minimum atomic E-state index is -4.01. The van der Waals surface area contributed by atoms with E-state index in [9.17, 15) is 26.7 Å². The number of sulfonamides is 2. The number of fused-ring (bicyclic) bond motifs is 1. The summed E-state index contributed by atoms with van der Waals surface area (Å²) in [6.45, 7) is 7.55. The Balaban J connectivity index is 1.67. The molecule has 0 saturated heterocycles. The van der Waals surface area contributed by atoms with Crippen molar-refractivity contribution in [3.8, 4) is 5.75 Å². The quantitative estimate of drug-likeness (QED) is 0.291. The maximum Gasteiger partial charge on any atom is 0.261 e. The van der Waals surface area contributed by atoms with Gasteiger partial charge in [0.2, 0.25) is 10.0 Å². The van der Waals surface area contributed by atoms with E-state index in [1.165, 1.54) is 52.7 Å². The van der Waals surface area contributed by atoms with Gasteiger partial charge >= 0.3 is 0 Å². The number of aliphatic hydroxyl groups excluding tert-OH is 1. The molecule has 4 atom stereocenters. The minimum Gasteiger partial charge on any atom is -0.490 e. The number of amides is 1. The Morgan fingerprint density at radius 3 is 2.31 bits per heavy atom. The Morgan fingerprint density at radius 1 is 1.00 bits per heavy atom. The summed E-state index contributed by atoms with van der Waals surface area (Å²) in [5, 5.41) is 10.6. The number of aliphatic hydroxyl groups is 1. The lowest BCUT2D eigenvalue weighted by Gasteiger charge is -2.35. The SMILES string of the molecule is Cc1ccc(S(=O)(=O)N(C)C[C@H]2OCCCC[C@@H](C)Oc3ccc(NS(=O)(=O)c4ccc(Cl)cc4)cc3C(=O)N([C@H](C)CO)C[C@@H]2C)cc1. The van der Waals surface area contributed by atoms with Gasteiger partial charge in [-0.05, 0) is 94.6 Å². The molecular weight excluding hydrogens is 690 g/mol. The predicted molar refractivity (Wildman–Crippen MR) is 190 cm³/mol. The Bertz CT molecular complexity index is 1790. The van der Waals surface area contributed by atoms with Crippen LogP contribution in [0.5, 0.6) is 5.75 Å². The van der Waals surface area contributed by atoms with E-state index in [0.717, 1.165) is 12.0 Å². The molecule has 4 rings (SSSR count). The van der Waals surface area contributed by atoms with Crippen molar-refractivity contribution in [1.29, 1.82) is 0 Å². The molecule has 0 unspecified atom stereocenters. The molecule has 49 heavy (non-hydrogen) atoms. The molecule has 0 aliphatic carbocycles. The standard InChI is InChI=1S/C35H46ClN3O8S2/c1-24-9-14-31(15-10-24)49(44,45)38(5)22-34-25(2)21-39(26(3)23-40)35(41)32-20-29(37-48(42,43)30-16-11-28(36)12-17-30)13-18-33(32)47-27(4)8-6-7-19-46-34/h9-18,20,25-27,34,37,40H,6-8,19,21-23H2,1-5H3/t25-,26+,27+,34+/m0/s1. The zero-order valence-electron chi connectivity index (χ0n) is 28.5. The number of hydrogen-bond donors (Lipinski definition) is 2. The molecule has 3 aromatic carbocycles. The third-order valence-corrected chi connectivity index (χ3v) is 12.1. The van der Waals surface area contributed by atoms with E-state index >= 15 is 0 Å². The van der Waals surface area contributed by atoms with Crippen molar-refractivity contribution in [2.24, 2.45) is 5.92 Å². The summed E-state index contributed by atoms with van der Waals surface area (Å²) >= 11 is 5.94. The summed E-state index contributed by atoms with van der Waals surface area (Å²) in [5.74, 6) is -0.574. The highest BCUT2D eigenvalue weighted by molar-refractivity contribution is 7.92. The highest BCUT2D eigenvalue weighted by atomic mass is 35.5. The second-order valence-electron chi connectivity index (χ2n) is 12.7. The fourth-order valence-corrected chi connectivity index (χ4v) is 7.88. The van der Waals surface area contributed by atoms with E-state index < -0.39 is 38.1 Å². The first-order valence-electron chi connectivity index (χ1n) is 16.3. The predicted octanol–water partition coefficient (Wildman–Crippen LogP) is 5.57. The second-order valence-corrected chi connectivity index (χ2v) is 16.8. The number of nitrogens with zero attached hydrogens (tertiary/aromatic N) is 2. The molecule has 3 aromatic rings. The number of nitrogens with one attached hydrogen (secondary N) is 1. The average molecular weight is 736 g/mol. The molecule has 0 bridgehead atoms. The largest absolute Gasteiger partial charge is 0.490 e. The summed E-state index contributed by atoms with van der Waals surface area (Å²) < 4.78 is 69.6. The maximum absolute atomic E-state index is 14.4. The Kier molecular flexibility index (Phi) is 13.1. The lowest BCUT2D eigenvalue weighted by atomic mass is 10.0. The lowest BCUT2D eigenvalue weighted by Crippen LogP contribution is -2.48. The van der Waals surface area contributed by atoms with Crippen LogP contribution < -0.4 is 9.46 Å². The Hall–Kier alpha value is -3.20. The summed E-state index contributed by atoms with van der Waals surface area (Å²) in [6, 6.07) is 16.2. The van der Waals surface area contributed by atoms with Crippen LogP contribution in [0.4, 0.5) is 5.69 Å². The van der Waals surface area contributed by atoms with Crippen molar-refractivity contribution in [2.45, 2.75) is 75.0 Å². The third kappa shape index (κ3) is 9.95. The van der Waals surface area contributed by atoms with Gasteiger partial charge in [-0.15, -0.1) is 0 Å². The summed E-state index contributed by atoms with van der Waals surface area (Å²) in [7, 11) is -6.32. The Morgan fingerprint density at radius 2 is 1.65 bits per heavy atom. The molecule has 2 N–H and O–H groups in total. The first kappa shape index (κ1) is 38.6. The van der Waals surface area contributed by atoms with Crippen molar-refractivity contribution in [3.05, 3.63) is 82.9 Å². The topological polar surface area (TPSA) is 143 Å². The maximum atomic E-state index is 14.4. The Labute approximate surface area is 295 Å². The summed E-state index contributed by atoms with van der Waals surface area (Å²) in [6.07, 6.45) is 1.26. The van der Waals surface area contributed by atoms with Gasteiger partial charge in [0.1, 0.15) is 5.75 Å². The van der Waals surface area contributed by atoms with Gasteiger partial charge in [-0.2, -0.15) is 4.31 Å². The number of ether oxygens (including phenoxy) is 2. The van der Waals surface area contributed by atoms with Crippen LogP contribution in [-0.4, -0.2) is 88.7 Å². The van der Waals surface area contributed by atoms with E-state index in [2.05, 4.69) is 4.72 Å². The summed E-state index contributed by atoms with van der Waals surface area (Å²) in [4.78, 5) is 16.0. The molecule has 1 aliphatic rings. The van der Waals surface area contributed by atoms with Crippen LogP contribution in [0.2, 0.25) is 5.02 Å². The monoisotopic (exact) mass is 735 g/mol. The molecule has 1 heterocycles. The normalized spacial score (nSPS) is 20.6. The summed E-state index contributed by atoms with van der Waals surface area (Å²) in [5.41, 5.74) is 1.21. The van der Waals surface area contributed by atoms with Crippen LogP contribution in [0, 0.1) is 12.8 Å². The van der Waals surface area contributed by atoms with E-state index in [0.29, 0.717) is 24.5 Å². The zero-order chi connectivity index (χ0) is 35.9. The first-order chi connectivity index (χ1) is 23.1. The molecule has 0 fully saturated rings. The highest BCUT2D eigenvalue weighted by Crippen LogP contribution is 2.30. The van der Waals surface area contributed by atoms with Crippen LogP contribution in [0.25, 0.3) is 0 Å². The number of hydrogen-bond acceptors (Lipinski definition) is 8. The zero-order valence-corrected chi connectivity index (χ0v) is 30.9. The van der Waals surface area contributed by atoms with E-state index in [-0.39, 0.29) is 58.5 Å². The smallest absolute Gasteiger partial charge is 0.261 e. The van der Waals surface area contributed by atoms with Crippen molar-refractivity contribution >= 4 is 43.2 Å². The van der Waals surface area contributed by atoms with Crippen LogP contribution in [-0.2, 0) is 24.8 Å². The average Bonchev–Trinajstić information content (AvgIpc) is 3.06. The van der Waals surface area contributed by atoms with Gasteiger partial charge in [0.05, 0.1) is 40.2 Å². The van der Waals surface area contributed by atoms with Crippen LogP contribution in [0.15, 0.2) is 76.5 Å². The van der Waals surface area contributed by atoms with E-state index in [1.807, 2.05) is 20.8 Å². The third-order valence-electron chi connectivity index (χ3n) is 8.59. The molecular formula is C35H46ClN3O8S2. The van der Waals surface area contributed by atoms with Crippen LogP contribution in [0.1, 0.15) is 56.0 Å². The number of carbonyl (C=O) groups is 1. The second kappa shape index (κ2) is 16.7. The molecule has 0 aromatic heterocycles. The number of rotatable bonds is 9. The molecule has 1 amide bonds. The van der Waals surface area contributed by atoms with Gasteiger partial charge in [-0.25, -0.2) is 16.8 Å². The van der Waals surface area contributed by atoms with Crippen molar-refractivity contribution in [3.63, 3.8) is 0 Å². The van der Waals surface area contributed by atoms with Gasteiger partial charge in [0, 0.05) is 43.4 Å². The van der Waals surface area contributed by atoms with Crippen LogP contribution in [0.3, 0.4) is 0 Å². The van der Waals surface area contributed by atoms with Gasteiger partial charge in [0.15, 0.2) is 0 Å². The fraction of sp³-hybridized carbons (Fsp3) is 0.457. The van der Waals surface area contributed by atoms with E-state index in [1.54, 1.807) is 37.3 Å². The number of anilines is 1. The number of benzene rings is 3. The number of carbonyl (C=O) groups excluding carboxylic acids is 1. The van der Waals surface area contributed by atoms with Crippen molar-refractivity contribution in [2.75, 3.05) is 38.1 Å². The van der Waals surface area contributed by atoms with Gasteiger partial charge < -0.3 is 19.5 Å². The van der Waals surface area contributed by atoms with Gasteiger partial charge in [-0.3, -0.25) is 9.52 Å². The van der Waals surface area contributed by atoms with Crippen molar-refractivity contribution < 1.29 is 36.2 Å². The van der Waals surface area contributed by atoms with Gasteiger partial charge in [-0.1, -0.05) is 36.2 Å². The number of halogens is 1. The van der Waals surface area contributed by atoms with Crippen molar-refractivity contribution in [1.82, 2.24) is 9.21 Å². The fourth-order valence-electron chi connectivity index (χ4n) is 5.52. The molecule has 11 nitrogen and oxygen atoms in total. The number of likely N-dealkylation sites (N-methyl/N-ethyl adjacent to an activating group) is 1. The minimum absolute atomic E-state index is 0.00191. The van der Waals surface area contributed by atoms with Crippen LogP contribution >= 0.6 is 11.6 Å². The molecule has 268 valence electrons.